The summed E-state index contributed by atoms with van der Waals surface area (Å²) in [4.78, 5) is 41.0. The van der Waals surface area contributed by atoms with Crippen LogP contribution in [0.3, 0.4) is 0 Å². The first kappa shape index (κ1) is 26.8. The Morgan fingerprint density at radius 2 is 1.78 bits per heavy atom. The van der Waals surface area contributed by atoms with Gasteiger partial charge >= 0.3 is 6.03 Å². The van der Waals surface area contributed by atoms with Crippen LogP contribution < -0.4 is 10.6 Å². The third kappa shape index (κ3) is 7.61. The smallest absolute Gasteiger partial charge is 0.319 e. The van der Waals surface area contributed by atoms with Gasteiger partial charge in [-0.05, 0) is 74.9 Å². The summed E-state index contributed by atoms with van der Waals surface area (Å²) in [6.45, 7) is 7.06. The van der Waals surface area contributed by atoms with Crippen molar-refractivity contribution >= 4 is 23.4 Å². The molecule has 2 aromatic rings. The van der Waals surface area contributed by atoms with E-state index in [2.05, 4.69) is 15.5 Å². The quantitative estimate of drug-likeness (QED) is 0.545. The van der Waals surface area contributed by atoms with Gasteiger partial charge in [-0.2, -0.15) is 0 Å². The predicted molar refractivity (Wildman–Crippen MR) is 142 cm³/mol. The minimum absolute atomic E-state index is 0.0556. The molecule has 0 bridgehead atoms. The van der Waals surface area contributed by atoms with Crippen molar-refractivity contribution in [3.63, 3.8) is 0 Å². The van der Waals surface area contributed by atoms with Crippen LogP contribution in [-0.4, -0.2) is 66.3 Å². The monoisotopic (exact) mass is 508 g/mol. The second-order valence-corrected chi connectivity index (χ2v) is 10.5. The van der Waals surface area contributed by atoms with Crippen molar-refractivity contribution in [2.24, 2.45) is 11.8 Å². The highest BCUT2D eigenvalue weighted by Crippen LogP contribution is 2.25. The standard InChI is InChI=1S/C29H37FN4O3/c1-20(35)24-6-3-7-27(16-24)31-29(37)32-28-12-14-34(21(2)36)19-25(28)18-33-13-4-5-23(17-33)15-22-8-10-26(30)11-9-22/h3,6-11,16,23,25,28H,4-5,12-15,17-19H2,1-2H3,(H2,31,32,37)/t23?,25?,28-/m1/s1. The maximum absolute atomic E-state index is 13.3. The van der Waals surface area contributed by atoms with Crippen molar-refractivity contribution < 1.29 is 18.8 Å². The highest BCUT2D eigenvalue weighted by Gasteiger charge is 2.34. The number of hydrogen-bond donors (Lipinski definition) is 2. The molecule has 0 aliphatic carbocycles. The first-order valence-electron chi connectivity index (χ1n) is 13.2. The molecule has 2 aliphatic rings. The van der Waals surface area contributed by atoms with Crippen LogP contribution in [0.4, 0.5) is 14.9 Å². The number of hydrogen-bond acceptors (Lipinski definition) is 4. The number of nitrogens with zero attached hydrogens (tertiary/aromatic N) is 2. The van der Waals surface area contributed by atoms with E-state index in [9.17, 15) is 18.8 Å². The summed E-state index contributed by atoms with van der Waals surface area (Å²) < 4.78 is 13.3. The Balaban J connectivity index is 1.38. The number of benzene rings is 2. The number of rotatable bonds is 7. The van der Waals surface area contributed by atoms with Gasteiger partial charge in [0.25, 0.3) is 0 Å². The topological polar surface area (TPSA) is 81.8 Å². The minimum Gasteiger partial charge on any atom is -0.342 e. The van der Waals surface area contributed by atoms with Gasteiger partial charge in [0.15, 0.2) is 5.78 Å². The summed E-state index contributed by atoms with van der Waals surface area (Å²) in [6.07, 6.45) is 3.85. The van der Waals surface area contributed by atoms with Crippen LogP contribution in [0.15, 0.2) is 48.5 Å². The first-order chi connectivity index (χ1) is 17.8. The molecular formula is C29H37FN4O3. The van der Waals surface area contributed by atoms with Gasteiger partial charge in [0.05, 0.1) is 0 Å². The molecule has 0 saturated carbocycles. The van der Waals surface area contributed by atoms with E-state index in [-0.39, 0.29) is 35.5 Å². The lowest BCUT2D eigenvalue weighted by atomic mass is 9.88. The number of carbonyl (C=O) groups is 3. The fourth-order valence-electron chi connectivity index (χ4n) is 5.61. The third-order valence-corrected chi connectivity index (χ3v) is 7.56. The van der Waals surface area contributed by atoms with Crippen molar-refractivity contribution in [1.29, 1.82) is 0 Å². The van der Waals surface area contributed by atoms with Crippen molar-refractivity contribution in [2.45, 2.75) is 45.6 Å². The molecule has 2 unspecified atom stereocenters. The Morgan fingerprint density at radius 3 is 2.51 bits per heavy atom. The van der Waals surface area contributed by atoms with Crippen LogP contribution in [0, 0.1) is 17.7 Å². The molecule has 3 amide bonds. The molecule has 0 aromatic heterocycles. The highest BCUT2D eigenvalue weighted by molar-refractivity contribution is 5.96. The molecule has 7 nitrogen and oxygen atoms in total. The average molecular weight is 509 g/mol. The van der Waals surface area contributed by atoms with E-state index in [1.807, 2.05) is 17.0 Å². The number of nitrogens with one attached hydrogen (secondary N) is 2. The van der Waals surface area contributed by atoms with E-state index in [0.29, 0.717) is 36.7 Å². The molecular weight excluding hydrogens is 471 g/mol. The Kier molecular flexibility index (Phi) is 8.92. The average Bonchev–Trinajstić information content (AvgIpc) is 2.86. The molecule has 3 atom stereocenters. The highest BCUT2D eigenvalue weighted by atomic mass is 19.1. The lowest BCUT2D eigenvalue weighted by Crippen LogP contribution is -2.56. The van der Waals surface area contributed by atoms with Gasteiger partial charge in [-0.15, -0.1) is 0 Å². The molecule has 2 N–H and O–H groups in total. The summed E-state index contributed by atoms with van der Waals surface area (Å²) in [5.41, 5.74) is 2.27. The van der Waals surface area contributed by atoms with Gasteiger partial charge in [0.1, 0.15) is 5.82 Å². The van der Waals surface area contributed by atoms with E-state index in [1.54, 1.807) is 31.2 Å². The van der Waals surface area contributed by atoms with Crippen molar-refractivity contribution in [3.8, 4) is 0 Å². The Bertz CT molecular complexity index is 1110. The Hall–Kier alpha value is -3.26. The number of Topliss-reactive ketones (excluding diaryl/α,β-unsaturated/α-hetero) is 1. The lowest BCUT2D eigenvalue weighted by molar-refractivity contribution is -0.131. The number of carbonyl (C=O) groups excluding carboxylic acids is 3. The summed E-state index contributed by atoms with van der Waals surface area (Å²) in [5.74, 6) is 0.392. The molecule has 2 fully saturated rings. The number of halogens is 1. The number of anilines is 1. The number of ketones is 1. The summed E-state index contributed by atoms with van der Waals surface area (Å²) in [6, 6.07) is 13.3. The van der Waals surface area contributed by atoms with Crippen LogP contribution >= 0.6 is 0 Å². The van der Waals surface area contributed by atoms with Crippen LogP contribution in [0.1, 0.15) is 49.0 Å². The molecule has 0 radical (unpaired) electrons. The predicted octanol–water partition coefficient (Wildman–Crippen LogP) is 4.34. The normalized spacial score (nSPS) is 22.4. The maximum atomic E-state index is 13.3. The van der Waals surface area contributed by atoms with Crippen LogP contribution in [0.5, 0.6) is 0 Å². The minimum atomic E-state index is -0.306. The second kappa shape index (κ2) is 12.3. The van der Waals surface area contributed by atoms with Gasteiger partial charge in [-0.25, -0.2) is 9.18 Å². The SMILES string of the molecule is CC(=O)c1cccc(NC(=O)N[C@@H]2CCN(C(C)=O)CC2CN2CCCC(Cc3ccc(F)cc3)C2)c1. The van der Waals surface area contributed by atoms with E-state index in [4.69, 9.17) is 0 Å². The molecule has 37 heavy (non-hydrogen) atoms. The molecule has 2 heterocycles. The number of likely N-dealkylation sites (tertiary alicyclic amines) is 2. The number of piperidine rings is 2. The summed E-state index contributed by atoms with van der Waals surface area (Å²) in [5, 5.41) is 5.99. The fraction of sp³-hybridized carbons (Fsp3) is 0.483. The van der Waals surface area contributed by atoms with Gasteiger partial charge in [0.2, 0.25) is 5.91 Å². The van der Waals surface area contributed by atoms with Gasteiger partial charge in [-0.1, -0.05) is 24.3 Å². The lowest BCUT2D eigenvalue weighted by Gasteiger charge is -2.42. The number of urea groups is 1. The Labute approximate surface area is 218 Å². The second-order valence-electron chi connectivity index (χ2n) is 10.5. The molecule has 2 saturated heterocycles. The molecule has 0 spiro atoms. The van der Waals surface area contributed by atoms with E-state index in [0.717, 1.165) is 44.5 Å². The van der Waals surface area contributed by atoms with Crippen molar-refractivity contribution in [1.82, 2.24) is 15.1 Å². The Morgan fingerprint density at radius 1 is 1.00 bits per heavy atom. The zero-order chi connectivity index (χ0) is 26.4. The summed E-state index contributed by atoms with van der Waals surface area (Å²) >= 11 is 0. The van der Waals surface area contributed by atoms with Crippen LogP contribution in [0.2, 0.25) is 0 Å². The van der Waals surface area contributed by atoms with Gasteiger partial charge < -0.3 is 20.4 Å². The van der Waals surface area contributed by atoms with Crippen molar-refractivity contribution in [2.75, 3.05) is 38.0 Å². The zero-order valence-electron chi connectivity index (χ0n) is 21.7. The molecule has 4 rings (SSSR count). The fourth-order valence-corrected chi connectivity index (χ4v) is 5.61. The van der Waals surface area contributed by atoms with E-state index in [1.165, 1.54) is 19.1 Å². The third-order valence-electron chi connectivity index (χ3n) is 7.56. The largest absolute Gasteiger partial charge is 0.342 e. The number of amides is 3. The van der Waals surface area contributed by atoms with Crippen molar-refractivity contribution in [3.05, 3.63) is 65.5 Å². The summed E-state index contributed by atoms with van der Waals surface area (Å²) in [7, 11) is 0. The van der Waals surface area contributed by atoms with E-state index >= 15 is 0 Å². The molecule has 198 valence electrons. The molecule has 2 aliphatic heterocycles. The zero-order valence-corrected chi connectivity index (χ0v) is 21.7. The maximum Gasteiger partial charge on any atom is 0.319 e. The van der Waals surface area contributed by atoms with Gasteiger partial charge in [-0.3, -0.25) is 9.59 Å². The van der Waals surface area contributed by atoms with E-state index < -0.39 is 0 Å². The first-order valence-corrected chi connectivity index (χ1v) is 13.2. The van der Waals surface area contributed by atoms with Crippen LogP contribution in [-0.2, 0) is 11.2 Å². The molecule has 8 heteroatoms. The van der Waals surface area contributed by atoms with Gasteiger partial charge in [0, 0.05) is 56.3 Å². The molecule has 2 aromatic carbocycles. The van der Waals surface area contributed by atoms with Crippen LogP contribution in [0.25, 0.3) is 0 Å².